The summed E-state index contributed by atoms with van der Waals surface area (Å²) in [7, 11) is 0. The first-order valence-corrected chi connectivity index (χ1v) is 9.84. The zero-order chi connectivity index (χ0) is 14.6. The second-order valence-electron chi connectivity index (χ2n) is 7.92. The molecule has 1 spiro atoms. The Balaban J connectivity index is 2.01. The molecule has 2 fully saturated rings. The molecule has 1 N–H and O–H groups in total. The van der Waals surface area contributed by atoms with E-state index in [0.29, 0.717) is 17.0 Å². The number of thioether (sulfide) groups is 1. The van der Waals surface area contributed by atoms with Gasteiger partial charge in [0.2, 0.25) is 0 Å². The summed E-state index contributed by atoms with van der Waals surface area (Å²) >= 11 is 1.98. The minimum absolute atomic E-state index is 0.378. The lowest BCUT2D eigenvalue weighted by Crippen LogP contribution is -2.67. The van der Waals surface area contributed by atoms with E-state index < -0.39 is 0 Å². The van der Waals surface area contributed by atoms with Crippen LogP contribution in [0.25, 0.3) is 0 Å². The topological polar surface area (TPSA) is 15.3 Å². The molecule has 2 rings (SSSR count). The molecule has 1 heterocycles. The minimum atomic E-state index is 0.378. The summed E-state index contributed by atoms with van der Waals surface area (Å²) in [5.74, 6) is 1.30. The molecule has 0 aromatic rings. The second kappa shape index (κ2) is 7.02. The number of hydrogen-bond acceptors (Lipinski definition) is 3. The summed E-state index contributed by atoms with van der Waals surface area (Å²) in [5.41, 5.74) is 0.821. The van der Waals surface area contributed by atoms with Crippen LogP contribution in [-0.2, 0) is 0 Å². The Labute approximate surface area is 130 Å². The average Bonchev–Trinajstić information content (AvgIpc) is 2.38. The van der Waals surface area contributed by atoms with Crippen LogP contribution in [-0.4, -0.2) is 48.1 Å². The maximum Gasteiger partial charge on any atom is 0.0309 e. The van der Waals surface area contributed by atoms with Gasteiger partial charge < -0.3 is 5.32 Å². The Morgan fingerprint density at radius 3 is 2.50 bits per heavy atom. The van der Waals surface area contributed by atoms with Gasteiger partial charge in [-0.2, -0.15) is 11.8 Å². The van der Waals surface area contributed by atoms with E-state index in [4.69, 9.17) is 0 Å². The first-order chi connectivity index (χ1) is 9.47. The van der Waals surface area contributed by atoms with Crippen molar-refractivity contribution < 1.29 is 0 Å². The van der Waals surface area contributed by atoms with E-state index in [1.165, 1.54) is 63.9 Å². The molecule has 2 nitrogen and oxygen atoms in total. The van der Waals surface area contributed by atoms with Gasteiger partial charge in [0.25, 0.3) is 0 Å². The third-order valence-electron chi connectivity index (χ3n) is 5.22. The van der Waals surface area contributed by atoms with Gasteiger partial charge in [0.1, 0.15) is 0 Å². The van der Waals surface area contributed by atoms with Crippen LogP contribution >= 0.6 is 11.8 Å². The molecule has 0 radical (unpaired) electrons. The number of nitrogens with one attached hydrogen (secondary N) is 1. The molecule has 3 heteroatoms. The summed E-state index contributed by atoms with van der Waals surface area (Å²) in [5, 5.41) is 3.96. The summed E-state index contributed by atoms with van der Waals surface area (Å²) in [4.78, 5) is 2.82. The van der Waals surface area contributed by atoms with Crippen molar-refractivity contribution in [3.63, 3.8) is 0 Å². The Morgan fingerprint density at radius 2 is 1.90 bits per heavy atom. The van der Waals surface area contributed by atoms with E-state index in [-0.39, 0.29) is 0 Å². The van der Waals surface area contributed by atoms with Gasteiger partial charge in [-0.3, -0.25) is 4.90 Å². The van der Waals surface area contributed by atoms with Crippen LogP contribution in [0.4, 0.5) is 0 Å². The highest BCUT2D eigenvalue weighted by molar-refractivity contribution is 7.98. The van der Waals surface area contributed by atoms with Crippen LogP contribution in [0.3, 0.4) is 0 Å². The largest absolute Gasteiger partial charge is 0.308 e. The number of piperazine rings is 1. The smallest absolute Gasteiger partial charge is 0.0309 e. The fourth-order valence-electron chi connectivity index (χ4n) is 4.06. The van der Waals surface area contributed by atoms with Gasteiger partial charge in [-0.05, 0) is 43.2 Å². The van der Waals surface area contributed by atoms with E-state index >= 15 is 0 Å². The first kappa shape index (κ1) is 16.6. The van der Waals surface area contributed by atoms with Crippen molar-refractivity contribution in [2.24, 2.45) is 5.41 Å². The fourth-order valence-corrected chi connectivity index (χ4v) is 4.48. The predicted molar refractivity (Wildman–Crippen MR) is 91.6 cm³/mol. The molecule has 1 unspecified atom stereocenters. The van der Waals surface area contributed by atoms with Crippen molar-refractivity contribution in [3.8, 4) is 0 Å². The van der Waals surface area contributed by atoms with Crippen LogP contribution in [0.15, 0.2) is 0 Å². The van der Waals surface area contributed by atoms with Crippen LogP contribution in [0, 0.1) is 5.41 Å². The second-order valence-corrected chi connectivity index (χ2v) is 8.91. The van der Waals surface area contributed by atoms with Gasteiger partial charge >= 0.3 is 0 Å². The lowest BCUT2D eigenvalue weighted by molar-refractivity contribution is 0.00883. The molecule has 0 aromatic heterocycles. The summed E-state index contributed by atoms with van der Waals surface area (Å²) in [6.45, 7) is 11.0. The third kappa shape index (κ3) is 4.14. The monoisotopic (exact) mass is 298 g/mol. The summed E-state index contributed by atoms with van der Waals surface area (Å²) in [6.07, 6.45) is 10.6. The highest BCUT2D eigenvalue weighted by atomic mass is 32.2. The third-order valence-corrected chi connectivity index (χ3v) is 5.92. The maximum absolute atomic E-state index is 3.96. The molecule has 2 aliphatic rings. The van der Waals surface area contributed by atoms with E-state index in [1.807, 2.05) is 11.8 Å². The van der Waals surface area contributed by atoms with Crippen molar-refractivity contribution >= 4 is 11.8 Å². The van der Waals surface area contributed by atoms with Crippen LogP contribution in [0.2, 0.25) is 0 Å². The molecule has 118 valence electrons. The van der Waals surface area contributed by atoms with Gasteiger partial charge in [-0.1, -0.05) is 40.0 Å². The predicted octanol–water partition coefficient (Wildman–Crippen LogP) is 3.76. The highest BCUT2D eigenvalue weighted by Gasteiger charge is 2.42. The lowest BCUT2D eigenvalue weighted by atomic mass is 9.76. The van der Waals surface area contributed by atoms with Crippen molar-refractivity contribution in [1.82, 2.24) is 10.2 Å². The molecule has 0 bridgehead atoms. The van der Waals surface area contributed by atoms with Crippen molar-refractivity contribution in [2.75, 3.05) is 31.6 Å². The normalized spacial score (nSPS) is 27.9. The van der Waals surface area contributed by atoms with Gasteiger partial charge in [0.05, 0.1) is 0 Å². The van der Waals surface area contributed by atoms with Gasteiger partial charge in [0.15, 0.2) is 0 Å². The van der Waals surface area contributed by atoms with Crippen LogP contribution in [0.1, 0.15) is 59.3 Å². The molecule has 1 saturated carbocycles. The summed E-state index contributed by atoms with van der Waals surface area (Å²) < 4.78 is 0. The molecule has 0 amide bonds. The van der Waals surface area contributed by atoms with Gasteiger partial charge in [-0.25, -0.2) is 0 Å². The number of nitrogens with zero attached hydrogens (tertiary/aromatic N) is 1. The zero-order valence-electron chi connectivity index (χ0n) is 14.0. The average molecular weight is 299 g/mol. The molecule has 1 saturated heterocycles. The molecule has 0 aromatic carbocycles. The van der Waals surface area contributed by atoms with E-state index in [0.717, 1.165) is 0 Å². The Bertz CT molecular complexity index is 292. The van der Waals surface area contributed by atoms with Crippen LogP contribution in [0.5, 0.6) is 0 Å². The Hall–Kier alpha value is 0.270. The van der Waals surface area contributed by atoms with Crippen LogP contribution < -0.4 is 5.32 Å². The molecule has 1 aliphatic heterocycles. The van der Waals surface area contributed by atoms with Gasteiger partial charge in [-0.15, -0.1) is 0 Å². The maximum atomic E-state index is 3.96. The van der Waals surface area contributed by atoms with Crippen molar-refractivity contribution in [3.05, 3.63) is 0 Å². The van der Waals surface area contributed by atoms with E-state index in [1.54, 1.807) is 0 Å². The number of rotatable bonds is 4. The van der Waals surface area contributed by atoms with Gasteiger partial charge in [0, 0.05) is 24.7 Å². The summed E-state index contributed by atoms with van der Waals surface area (Å²) in [6, 6.07) is 0.692. The molecule has 1 aliphatic carbocycles. The van der Waals surface area contributed by atoms with E-state index in [9.17, 15) is 0 Å². The Morgan fingerprint density at radius 1 is 1.20 bits per heavy atom. The lowest BCUT2D eigenvalue weighted by Gasteiger charge is -2.53. The first-order valence-electron chi connectivity index (χ1n) is 8.45. The zero-order valence-corrected chi connectivity index (χ0v) is 14.8. The molecular weight excluding hydrogens is 264 g/mol. The van der Waals surface area contributed by atoms with Crippen molar-refractivity contribution in [1.29, 1.82) is 0 Å². The molecule has 1 atom stereocenters. The Kier molecular flexibility index (Phi) is 5.84. The number of hydrogen-bond donors (Lipinski definition) is 1. The van der Waals surface area contributed by atoms with Crippen molar-refractivity contribution in [2.45, 2.75) is 70.9 Å². The standard InChI is InChI=1S/C17H34N2S/c1-16(2,3)15-13-18-17(9-6-5-7-10-17)14-19(15)11-8-12-20-4/h15,18H,5-14H2,1-4H3. The molecule has 20 heavy (non-hydrogen) atoms. The quantitative estimate of drug-likeness (QED) is 0.796. The molecular formula is C17H34N2S. The fraction of sp³-hybridized carbons (Fsp3) is 1.00. The minimum Gasteiger partial charge on any atom is -0.308 e. The SMILES string of the molecule is CSCCCN1CC2(CCCCC2)NCC1C(C)(C)C. The van der Waals surface area contributed by atoms with E-state index in [2.05, 4.69) is 37.2 Å². The highest BCUT2D eigenvalue weighted by Crippen LogP contribution is 2.35.